The third kappa shape index (κ3) is 4.01. The van der Waals surface area contributed by atoms with Crippen LogP contribution in [0.3, 0.4) is 0 Å². The lowest BCUT2D eigenvalue weighted by Gasteiger charge is -2.23. The molecule has 1 unspecified atom stereocenters. The molecule has 7 aromatic rings. The zero-order chi connectivity index (χ0) is 30.8. The van der Waals surface area contributed by atoms with Crippen molar-refractivity contribution in [2.45, 2.75) is 31.6 Å². The van der Waals surface area contributed by atoms with E-state index in [2.05, 4.69) is 108 Å². The van der Waals surface area contributed by atoms with Crippen LogP contribution in [0, 0.1) is 0 Å². The van der Waals surface area contributed by atoms with Gasteiger partial charge in [-0.2, -0.15) is 0 Å². The molecule has 0 N–H and O–H groups in total. The van der Waals surface area contributed by atoms with E-state index in [1.54, 1.807) is 0 Å². The minimum absolute atomic E-state index is 0.00895. The monoisotopic (exact) mass is 593 g/mol. The first-order valence-corrected chi connectivity index (χ1v) is 15.8. The molecule has 5 nitrogen and oxygen atoms in total. The lowest BCUT2D eigenvalue weighted by Crippen LogP contribution is -2.15. The predicted octanol–water partition coefficient (Wildman–Crippen LogP) is 9.60. The summed E-state index contributed by atoms with van der Waals surface area (Å²) in [5.41, 5.74) is 10.7. The molecule has 3 aromatic heterocycles. The van der Waals surface area contributed by atoms with Gasteiger partial charge in [0.05, 0.1) is 11.0 Å². The number of nitrogens with zero attached hydrogens (tertiary/aromatic N) is 5. The molecule has 46 heavy (non-hydrogen) atoms. The molecule has 0 fully saturated rings. The topological polar surface area (TPSA) is 56.5 Å². The van der Waals surface area contributed by atoms with Crippen LogP contribution in [0.1, 0.15) is 43.1 Å². The van der Waals surface area contributed by atoms with Crippen LogP contribution in [-0.4, -0.2) is 24.5 Å². The summed E-state index contributed by atoms with van der Waals surface area (Å²) in [6.45, 7) is 4.66. The van der Waals surface area contributed by atoms with Crippen LogP contribution in [0.15, 0.2) is 134 Å². The molecule has 0 saturated carbocycles. The summed E-state index contributed by atoms with van der Waals surface area (Å²) in [7, 11) is 0. The minimum atomic E-state index is -0.163. The molecule has 4 aromatic carbocycles. The molecule has 0 spiro atoms. The Hall–Kier alpha value is -5.68. The Morgan fingerprint density at radius 3 is 2.13 bits per heavy atom. The standard InChI is InChI=1S/C41H31N5/c1-41(2)33-25-42-23-22-30(33)31-20-21-35-36(37(31)41)32-18-9-10-19-34(32)46(35)29-17-11-16-28(24-29)40-44-38(26-12-5-3-6-13-26)43-39(45-40)27-14-7-4-8-15-27/h3-23,25,28H,24H2,1-2H3. The zero-order valence-electron chi connectivity index (χ0n) is 25.7. The van der Waals surface area contributed by atoms with Gasteiger partial charge in [0.1, 0.15) is 5.82 Å². The number of para-hydroxylation sites is 1. The summed E-state index contributed by atoms with van der Waals surface area (Å²) in [6.07, 6.45) is 11.3. The Bertz CT molecular complexity index is 2310. The van der Waals surface area contributed by atoms with Crippen LogP contribution >= 0.6 is 0 Å². The smallest absolute Gasteiger partial charge is 0.163 e. The Balaban J connectivity index is 1.19. The Morgan fingerprint density at radius 1 is 0.696 bits per heavy atom. The molecule has 3 heterocycles. The molecule has 0 saturated heterocycles. The second-order valence-corrected chi connectivity index (χ2v) is 12.7. The van der Waals surface area contributed by atoms with E-state index in [1.165, 1.54) is 49.8 Å². The number of fused-ring (bicyclic) bond motifs is 7. The maximum absolute atomic E-state index is 5.07. The molecule has 0 aliphatic heterocycles. The fourth-order valence-corrected chi connectivity index (χ4v) is 7.50. The van der Waals surface area contributed by atoms with Crippen molar-refractivity contribution in [1.29, 1.82) is 0 Å². The lowest BCUT2D eigenvalue weighted by molar-refractivity contribution is 0.663. The average Bonchev–Trinajstić information content (AvgIpc) is 3.57. The highest BCUT2D eigenvalue weighted by Crippen LogP contribution is 2.53. The molecular formula is C41H31N5. The van der Waals surface area contributed by atoms with E-state index in [0.29, 0.717) is 11.6 Å². The second-order valence-electron chi connectivity index (χ2n) is 12.7. The number of allylic oxidation sites excluding steroid dienone is 4. The molecule has 2 aliphatic rings. The van der Waals surface area contributed by atoms with Crippen molar-refractivity contribution in [2.75, 3.05) is 0 Å². The molecule has 220 valence electrons. The summed E-state index contributed by atoms with van der Waals surface area (Å²) in [4.78, 5) is 19.6. The predicted molar refractivity (Wildman–Crippen MR) is 186 cm³/mol. The molecule has 0 radical (unpaired) electrons. The molecular weight excluding hydrogens is 562 g/mol. The van der Waals surface area contributed by atoms with E-state index in [4.69, 9.17) is 15.0 Å². The van der Waals surface area contributed by atoms with Crippen LogP contribution in [0.5, 0.6) is 0 Å². The largest absolute Gasteiger partial charge is 0.313 e. The minimum Gasteiger partial charge on any atom is -0.313 e. The molecule has 2 aliphatic carbocycles. The van der Waals surface area contributed by atoms with E-state index in [9.17, 15) is 0 Å². The van der Waals surface area contributed by atoms with Gasteiger partial charge in [0, 0.05) is 57.7 Å². The zero-order valence-corrected chi connectivity index (χ0v) is 25.7. The van der Waals surface area contributed by atoms with Crippen LogP contribution in [0.25, 0.3) is 61.4 Å². The maximum Gasteiger partial charge on any atom is 0.163 e. The molecule has 5 heteroatoms. The number of hydrogen-bond donors (Lipinski definition) is 0. The van der Waals surface area contributed by atoms with Crippen molar-refractivity contribution in [3.63, 3.8) is 0 Å². The normalized spacial score (nSPS) is 16.4. The fraction of sp³-hybridized carbons (Fsp3) is 0.122. The van der Waals surface area contributed by atoms with Crippen molar-refractivity contribution in [3.8, 4) is 33.9 Å². The number of hydrogen-bond acceptors (Lipinski definition) is 4. The Labute approximate surface area is 267 Å². The van der Waals surface area contributed by atoms with Crippen LogP contribution in [-0.2, 0) is 5.41 Å². The first kappa shape index (κ1) is 26.7. The number of pyridine rings is 1. The van der Waals surface area contributed by atoms with Gasteiger partial charge in [0.25, 0.3) is 0 Å². The highest BCUT2D eigenvalue weighted by atomic mass is 15.0. The fourth-order valence-electron chi connectivity index (χ4n) is 7.50. The van der Waals surface area contributed by atoms with E-state index in [0.717, 1.165) is 23.4 Å². The van der Waals surface area contributed by atoms with Crippen molar-refractivity contribution < 1.29 is 0 Å². The summed E-state index contributed by atoms with van der Waals surface area (Å²) < 4.78 is 2.45. The SMILES string of the molecule is CC1(C)c2cnccc2-c2ccc3c(c21)c1ccccc1n3C1=CC=CC(c2nc(-c3ccccc3)nc(-c3ccccc3)n2)C1. The molecule has 0 amide bonds. The van der Waals surface area contributed by atoms with Crippen molar-refractivity contribution in [1.82, 2.24) is 24.5 Å². The van der Waals surface area contributed by atoms with Gasteiger partial charge in [-0.25, -0.2) is 15.0 Å². The Morgan fingerprint density at radius 2 is 1.39 bits per heavy atom. The summed E-state index contributed by atoms with van der Waals surface area (Å²) >= 11 is 0. The molecule has 1 atom stereocenters. The number of rotatable bonds is 4. The van der Waals surface area contributed by atoms with Gasteiger partial charge in [-0.1, -0.05) is 111 Å². The maximum atomic E-state index is 5.07. The first-order chi connectivity index (χ1) is 22.6. The van der Waals surface area contributed by atoms with Gasteiger partial charge in [-0.15, -0.1) is 0 Å². The van der Waals surface area contributed by atoms with E-state index in [1.807, 2.05) is 48.8 Å². The van der Waals surface area contributed by atoms with Gasteiger partial charge in [0.2, 0.25) is 0 Å². The van der Waals surface area contributed by atoms with Gasteiger partial charge in [-0.3, -0.25) is 4.98 Å². The van der Waals surface area contributed by atoms with Gasteiger partial charge < -0.3 is 4.57 Å². The van der Waals surface area contributed by atoms with Crippen molar-refractivity contribution >= 4 is 27.5 Å². The molecule has 0 bridgehead atoms. The average molecular weight is 594 g/mol. The van der Waals surface area contributed by atoms with E-state index < -0.39 is 0 Å². The highest BCUT2D eigenvalue weighted by molar-refractivity contribution is 6.15. The number of benzene rings is 4. The van der Waals surface area contributed by atoms with E-state index in [-0.39, 0.29) is 11.3 Å². The highest BCUT2D eigenvalue weighted by Gasteiger charge is 2.38. The summed E-state index contributed by atoms with van der Waals surface area (Å²) in [5.74, 6) is 2.15. The quantitative estimate of drug-likeness (QED) is 0.204. The van der Waals surface area contributed by atoms with Gasteiger partial charge in [-0.05, 0) is 46.5 Å². The second kappa shape index (κ2) is 10.2. The first-order valence-electron chi connectivity index (χ1n) is 15.8. The van der Waals surface area contributed by atoms with Crippen molar-refractivity contribution in [2.24, 2.45) is 0 Å². The third-order valence-electron chi connectivity index (χ3n) is 9.64. The molecule has 9 rings (SSSR count). The van der Waals surface area contributed by atoms with Gasteiger partial charge >= 0.3 is 0 Å². The summed E-state index contributed by atoms with van der Waals surface area (Å²) in [5, 5.41) is 2.59. The number of aromatic nitrogens is 5. The summed E-state index contributed by atoms with van der Waals surface area (Å²) in [6, 6.07) is 36.0. The van der Waals surface area contributed by atoms with Crippen LogP contribution in [0.4, 0.5) is 0 Å². The van der Waals surface area contributed by atoms with Crippen molar-refractivity contribution in [3.05, 3.63) is 151 Å². The van der Waals surface area contributed by atoms with E-state index >= 15 is 0 Å². The van der Waals surface area contributed by atoms with Gasteiger partial charge in [0.15, 0.2) is 11.6 Å². The Kier molecular flexibility index (Phi) is 5.91. The van der Waals surface area contributed by atoms with Crippen LogP contribution in [0.2, 0.25) is 0 Å². The third-order valence-corrected chi connectivity index (χ3v) is 9.64. The lowest BCUT2D eigenvalue weighted by atomic mass is 9.81. The van der Waals surface area contributed by atoms with Crippen LogP contribution < -0.4 is 0 Å².